The molecule has 0 spiro atoms. The fourth-order valence-corrected chi connectivity index (χ4v) is 2.83. The van der Waals surface area contributed by atoms with Crippen molar-refractivity contribution in [2.24, 2.45) is 13.0 Å². The number of ether oxygens (including phenoxy) is 1. The molecule has 1 fully saturated rings. The lowest BCUT2D eigenvalue weighted by atomic mass is 9.99. The van der Waals surface area contributed by atoms with Gasteiger partial charge in [-0.3, -0.25) is 4.79 Å². The quantitative estimate of drug-likeness (QED) is 0.821. The number of aryl methyl sites for hydroxylation is 2. The van der Waals surface area contributed by atoms with E-state index in [2.05, 4.69) is 14.5 Å². The summed E-state index contributed by atoms with van der Waals surface area (Å²) < 4.78 is 9.11. The number of carbonyl (C=O) groups excluding carboxylic acids is 1. The molecule has 0 unspecified atom stereocenters. The molecule has 0 aliphatic carbocycles. The average molecular weight is 303 g/mol. The zero-order valence-corrected chi connectivity index (χ0v) is 13.2. The molecular formula is C15H21N5O2. The zero-order valence-electron chi connectivity index (χ0n) is 13.2. The van der Waals surface area contributed by atoms with Crippen LogP contribution in [0.2, 0.25) is 0 Å². The molecule has 0 aromatic carbocycles. The number of likely N-dealkylation sites (tertiary alicyclic amines) is 1. The molecule has 3 heterocycles. The van der Waals surface area contributed by atoms with Gasteiger partial charge in [0.2, 0.25) is 0 Å². The number of rotatable bonds is 5. The first-order chi connectivity index (χ1) is 10.6. The van der Waals surface area contributed by atoms with Crippen LogP contribution in [-0.4, -0.2) is 50.1 Å². The summed E-state index contributed by atoms with van der Waals surface area (Å²) in [5.41, 5.74) is 1.13. The standard InChI is InChI=1S/C15H21N5O2/c1-11-6-17-13(10-22-3)20(11)9-12-7-19(8-12)15(21)14-16-4-5-18(14)2/h4-6,12H,7-10H2,1-3H3. The summed E-state index contributed by atoms with van der Waals surface area (Å²) in [5.74, 6) is 1.89. The summed E-state index contributed by atoms with van der Waals surface area (Å²) in [6.07, 6.45) is 5.30. The van der Waals surface area contributed by atoms with Gasteiger partial charge < -0.3 is 18.8 Å². The summed E-state index contributed by atoms with van der Waals surface area (Å²) in [6.45, 7) is 4.94. The van der Waals surface area contributed by atoms with Crippen molar-refractivity contribution >= 4 is 5.91 Å². The summed E-state index contributed by atoms with van der Waals surface area (Å²) in [5, 5.41) is 0. The molecule has 1 aliphatic heterocycles. The van der Waals surface area contributed by atoms with Gasteiger partial charge >= 0.3 is 0 Å². The summed E-state index contributed by atoms with van der Waals surface area (Å²) >= 11 is 0. The SMILES string of the molecule is COCc1ncc(C)n1CC1CN(C(=O)c2nccn2C)C1. The van der Waals surface area contributed by atoms with Crippen LogP contribution in [-0.2, 0) is 24.9 Å². The van der Waals surface area contributed by atoms with Crippen LogP contribution in [0.1, 0.15) is 22.1 Å². The molecule has 0 saturated carbocycles. The van der Waals surface area contributed by atoms with Gasteiger partial charge in [0.25, 0.3) is 5.91 Å². The lowest BCUT2D eigenvalue weighted by molar-refractivity contribution is 0.0446. The van der Waals surface area contributed by atoms with Crippen LogP contribution in [0.3, 0.4) is 0 Å². The van der Waals surface area contributed by atoms with Gasteiger partial charge in [0.15, 0.2) is 5.82 Å². The molecule has 0 atom stereocenters. The second-order valence-electron chi connectivity index (χ2n) is 5.80. The van der Waals surface area contributed by atoms with Gasteiger partial charge in [0.05, 0.1) is 0 Å². The first-order valence-corrected chi connectivity index (χ1v) is 7.36. The lowest BCUT2D eigenvalue weighted by Crippen LogP contribution is -2.52. The third-order valence-corrected chi connectivity index (χ3v) is 4.11. The van der Waals surface area contributed by atoms with Crippen molar-refractivity contribution in [1.82, 2.24) is 24.0 Å². The molecule has 0 radical (unpaired) electrons. The first-order valence-electron chi connectivity index (χ1n) is 7.36. The smallest absolute Gasteiger partial charge is 0.289 e. The van der Waals surface area contributed by atoms with E-state index in [0.29, 0.717) is 18.3 Å². The molecular weight excluding hydrogens is 282 g/mol. The van der Waals surface area contributed by atoms with E-state index in [-0.39, 0.29) is 5.91 Å². The Morgan fingerprint density at radius 2 is 2.18 bits per heavy atom. The zero-order chi connectivity index (χ0) is 15.7. The van der Waals surface area contributed by atoms with Crippen molar-refractivity contribution in [2.75, 3.05) is 20.2 Å². The second-order valence-corrected chi connectivity index (χ2v) is 5.80. The fraction of sp³-hybridized carbons (Fsp3) is 0.533. The van der Waals surface area contributed by atoms with Gasteiger partial charge in [-0.2, -0.15) is 0 Å². The molecule has 3 rings (SSSR count). The molecule has 2 aromatic rings. The highest BCUT2D eigenvalue weighted by Crippen LogP contribution is 2.21. The topological polar surface area (TPSA) is 65.2 Å². The predicted molar refractivity (Wildman–Crippen MR) is 80.3 cm³/mol. The van der Waals surface area contributed by atoms with E-state index in [1.807, 2.05) is 25.1 Å². The lowest BCUT2D eigenvalue weighted by Gasteiger charge is -2.39. The Labute approximate surface area is 129 Å². The van der Waals surface area contributed by atoms with Crippen LogP contribution >= 0.6 is 0 Å². The summed E-state index contributed by atoms with van der Waals surface area (Å²) in [4.78, 5) is 22.6. The summed E-state index contributed by atoms with van der Waals surface area (Å²) in [6, 6.07) is 0. The van der Waals surface area contributed by atoms with Crippen molar-refractivity contribution in [3.63, 3.8) is 0 Å². The Morgan fingerprint density at radius 1 is 1.41 bits per heavy atom. The molecule has 1 amide bonds. The average Bonchev–Trinajstić information content (AvgIpc) is 3.01. The minimum Gasteiger partial charge on any atom is -0.377 e. The maximum Gasteiger partial charge on any atom is 0.289 e. The Hall–Kier alpha value is -2.15. The van der Waals surface area contributed by atoms with Crippen LogP contribution in [0.25, 0.3) is 0 Å². The Balaban J connectivity index is 1.59. The molecule has 2 aromatic heterocycles. The van der Waals surface area contributed by atoms with Gasteiger partial charge in [-0.05, 0) is 6.92 Å². The molecule has 7 nitrogen and oxygen atoms in total. The third-order valence-electron chi connectivity index (χ3n) is 4.11. The van der Waals surface area contributed by atoms with E-state index in [1.54, 1.807) is 24.1 Å². The fourth-order valence-electron chi connectivity index (χ4n) is 2.83. The Morgan fingerprint density at radius 3 is 2.82 bits per heavy atom. The highest BCUT2D eigenvalue weighted by Gasteiger charge is 2.33. The first kappa shape index (κ1) is 14.8. The van der Waals surface area contributed by atoms with Crippen LogP contribution in [0, 0.1) is 12.8 Å². The second kappa shape index (κ2) is 5.92. The largest absolute Gasteiger partial charge is 0.377 e. The van der Waals surface area contributed by atoms with E-state index >= 15 is 0 Å². The van der Waals surface area contributed by atoms with E-state index in [1.165, 1.54) is 0 Å². The molecule has 1 aliphatic rings. The van der Waals surface area contributed by atoms with E-state index in [9.17, 15) is 4.79 Å². The van der Waals surface area contributed by atoms with Crippen LogP contribution in [0.15, 0.2) is 18.6 Å². The third kappa shape index (κ3) is 2.64. The maximum atomic E-state index is 12.3. The van der Waals surface area contributed by atoms with E-state index in [4.69, 9.17) is 4.74 Å². The van der Waals surface area contributed by atoms with E-state index in [0.717, 1.165) is 31.2 Å². The molecule has 7 heteroatoms. The molecule has 22 heavy (non-hydrogen) atoms. The highest BCUT2D eigenvalue weighted by atomic mass is 16.5. The predicted octanol–water partition coefficient (Wildman–Crippen LogP) is 0.844. The number of amides is 1. The van der Waals surface area contributed by atoms with Gasteiger partial charge in [-0.15, -0.1) is 0 Å². The Kier molecular flexibility index (Phi) is 3.98. The van der Waals surface area contributed by atoms with Crippen LogP contribution < -0.4 is 0 Å². The number of carbonyl (C=O) groups is 1. The van der Waals surface area contributed by atoms with Gasteiger partial charge in [-0.25, -0.2) is 9.97 Å². The van der Waals surface area contributed by atoms with Crippen molar-refractivity contribution in [1.29, 1.82) is 0 Å². The number of nitrogens with zero attached hydrogens (tertiary/aromatic N) is 5. The molecule has 0 N–H and O–H groups in total. The van der Waals surface area contributed by atoms with Crippen molar-refractivity contribution in [2.45, 2.75) is 20.1 Å². The highest BCUT2D eigenvalue weighted by molar-refractivity contribution is 5.91. The maximum absolute atomic E-state index is 12.3. The summed E-state index contributed by atoms with van der Waals surface area (Å²) in [7, 11) is 3.51. The molecule has 1 saturated heterocycles. The van der Waals surface area contributed by atoms with E-state index < -0.39 is 0 Å². The van der Waals surface area contributed by atoms with Crippen molar-refractivity contribution < 1.29 is 9.53 Å². The molecule has 0 bridgehead atoms. The normalized spacial score (nSPS) is 15.1. The van der Waals surface area contributed by atoms with Crippen molar-refractivity contribution in [3.8, 4) is 0 Å². The minimum atomic E-state index is 0.00298. The van der Waals surface area contributed by atoms with Gasteiger partial charge in [0, 0.05) is 64.0 Å². The monoisotopic (exact) mass is 303 g/mol. The number of imidazole rings is 2. The number of methoxy groups -OCH3 is 1. The number of hydrogen-bond donors (Lipinski definition) is 0. The number of hydrogen-bond acceptors (Lipinski definition) is 4. The van der Waals surface area contributed by atoms with Crippen LogP contribution in [0.5, 0.6) is 0 Å². The van der Waals surface area contributed by atoms with Crippen molar-refractivity contribution in [3.05, 3.63) is 35.9 Å². The number of aromatic nitrogens is 4. The minimum absolute atomic E-state index is 0.00298. The van der Waals surface area contributed by atoms with Crippen LogP contribution in [0.4, 0.5) is 0 Å². The van der Waals surface area contributed by atoms with Gasteiger partial charge in [0.1, 0.15) is 12.4 Å². The Bertz CT molecular complexity index is 669. The molecule has 118 valence electrons. The van der Waals surface area contributed by atoms with Gasteiger partial charge in [-0.1, -0.05) is 0 Å².